The van der Waals surface area contributed by atoms with Gasteiger partial charge in [-0.3, -0.25) is 13.9 Å². The smallest absolute Gasteiger partial charge is 0.264 e. The number of nitrogens with one attached hydrogen (secondary N) is 1. The molecule has 2 amide bonds. The van der Waals surface area contributed by atoms with Crippen LogP contribution in [0.4, 0.5) is 5.69 Å². The van der Waals surface area contributed by atoms with Crippen LogP contribution < -0.4 is 9.62 Å². The van der Waals surface area contributed by atoms with Gasteiger partial charge in [-0.25, -0.2) is 8.42 Å². The molecule has 0 heterocycles. The van der Waals surface area contributed by atoms with Crippen LogP contribution in [0.2, 0.25) is 5.02 Å². The number of sulfonamides is 1. The zero-order valence-corrected chi connectivity index (χ0v) is 25.3. The lowest BCUT2D eigenvalue weighted by molar-refractivity contribution is -0.140. The Hall–Kier alpha value is -3.36. The summed E-state index contributed by atoms with van der Waals surface area (Å²) in [5.41, 5.74) is 2.94. The predicted octanol–water partition coefficient (Wildman–Crippen LogP) is 5.73. The first-order valence-corrected chi connectivity index (χ1v) is 15.2. The highest BCUT2D eigenvalue weighted by Crippen LogP contribution is 2.28. The zero-order chi connectivity index (χ0) is 29.4. The fourth-order valence-electron chi connectivity index (χ4n) is 4.40. The molecule has 0 spiro atoms. The summed E-state index contributed by atoms with van der Waals surface area (Å²) in [6.07, 6.45) is 0.371. The van der Waals surface area contributed by atoms with Gasteiger partial charge in [0.25, 0.3) is 10.0 Å². The third kappa shape index (κ3) is 7.64. The molecular weight excluding hydrogens is 546 g/mol. The van der Waals surface area contributed by atoms with Crippen LogP contribution in [0, 0.1) is 19.8 Å². The van der Waals surface area contributed by atoms with Gasteiger partial charge in [-0.2, -0.15) is 0 Å². The fraction of sp³-hybridized carbons (Fsp3) is 0.355. The van der Waals surface area contributed by atoms with E-state index in [9.17, 15) is 18.0 Å². The lowest BCUT2D eigenvalue weighted by Gasteiger charge is -2.34. The predicted molar refractivity (Wildman–Crippen MR) is 161 cm³/mol. The number of carbonyl (C=O) groups is 2. The third-order valence-electron chi connectivity index (χ3n) is 6.74. The maximum Gasteiger partial charge on any atom is 0.264 e. The van der Waals surface area contributed by atoms with Crippen LogP contribution in [-0.2, 0) is 26.2 Å². The second-order valence-electron chi connectivity index (χ2n) is 10.3. The van der Waals surface area contributed by atoms with Gasteiger partial charge >= 0.3 is 0 Å². The molecule has 3 rings (SSSR count). The normalized spacial score (nSPS) is 12.2. The molecule has 3 aromatic carbocycles. The maximum atomic E-state index is 14.1. The molecule has 1 atom stereocenters. The van der Waals surface area contributed by atoms with Crippen molar-refractivity contribution in [3.63, 3.8) is 0 Å². The van der Waals surface area contributed by atoms with Gasteiger partial charge in [0.15, 0.2) is 0 Å². The molecule has 9 heteroatoms. The average Bonchev–Trinajstić information content (AvgIpc) is 2.92. The van der Waals surface area contributed by atoms with Crippen LogP contribution in [0.1, 0.15) is 43.9 Å². The Balaban J connectivity index is 2.07. The average molecular weight is 584 g/mol. The molecule has 0 radical (unpaired) electrons. The number of rotatable bonds is 12. The van der Waals surface area contributed by atoms with Crippen LogP contribution >= 0.6 is 11.6 Å². The number of amides is 2. The van der Waals surface area contributed by atoms with Gasteiger partial charge in [-0.05, 0) is 73.2 Å². The summed E-state index contributed by atoms with van der Waals surface area (Å²) < 4.78 is 29.0. The Morgan fingerprint density at radius 2 is 1.50 bits per heavy atom. The molecule has 0 aliphatic heterocycles. The lowest BCUT2D eigenvalue weighted by Crippen LogP contribution is -2.52. The second kappa shape index (κ2) is 13.8. The number of nitrogens with zero attached hydrogens (tertiary/aromatic N) is 2. The number of hydrogen-bond donors (Lipinski definition) is 1. The minimum Gasteiger partial charge on any atom is -0.354 e. The Morgan fingerprint density at radius 1 is 0.900 bits per heavy atom. The molecule has 0 bridgehead atoms. The van der Waals surface area contributed by atoms with Gasteiger partial charge in [0.05, 0.1) is 10.6 Å². The Labute approximate surface area is 243 Å². The van der Waals surface area contributed by atoms with E-state index in [1.54, 1.807) is 25.1 Å². The largest absolute Gasteiger partial charge is 0.354 e. The van der Waals surface area contributed by atoms with Gasteiger partial charge in [0.2, 0.25) is 11.8 Å². The van der Waals surface area contributed by atoms with Crippen LogP contribution in [0.3, 0.4) is 0 Å². The summed E-state index contributed by atoms with van der Waals surface area (Å²) >= 11 is 6.02. The van der Waals surface area contributed by atoms with Crippen LogP contribution in [0.25, 0.3) is 0 Å². The number of anilines is 1. The molecule has 3 aromatic rings. The van der Waals surface area contributed by atoms with E-state index in [-0.39, 0.29) is 23.3 Å². The van der Waals surface area contributed by atoms with Crippen molar-refractivity contribution in [2.75, 3.05) is 17.4 Å². The van der Waals surface area contributed by atoms with Gasteiger partial charge in [0, 0.05) is 18.1 Å². The highest BCUT2D eigenvalue weighted by atomic mass is 35.5. The maximum absolute atomic E-state index is 14.1. The first-order valence-electron chi connectivity index (χ1n) is 13.4. The fourth-order valence-corrected chi connectivity index (χ4v) is 6.01. The summed E-state index contributed by atoms with van der Waals surface area (Å²) in [4.78, 5) is 29.0. The molecule has 0 aromatic heterocycles. The number of carbonyl (C=O) groups excluding carboxylic acids is 2. The van der Waals surface area contributed by atoms with Crippen molar-refractivity contribution < 1.29 is 18.0 Å². The van der Waals surface area contributed by atoms with E-state index in [1.165, 1.54) is 29.2 Å². The number of benzene rings is 3. The van der Waals surface area contributed by atoms with Gasteiger partial charge < -0.3 is 10.2 Å². The van der Waals surface area contributed by atoms with Crippen molar-refractivity contribution >= 4 is 39.1 Å². The summed E-state index contributed by atoms with van der Waals surface area (Å²) in [5.74, 6) is -0.500. The molecule has 40 heavy (non-hydrogen) atoms. The van der Waals surface area contributed by atoms with Crippen molar-refractivity contribution in [3.8, 4) is 0 Å². The SMILES string of the molecule is CC[C@@H](C(=O)NCC(C)C)N(Cc1ccccc1C)C(=O)CN(c1ccccc1C)S(=O)(=O)c1ccc(Cl)cc1. The minimum absolute atomic E-state index is 0.0140. The van der Waals surface area contributed by atoms with Crippen LogP contribution in [0.5, 0.6) is 0 Å². The molecule has 0 aliphatic rings. The first kappa shape index (κ1) is 31.2. The van der Waals surface area contributed by atoms with Gasteiger partial charge in [-0.1, -0.05) is 74.8 Å². The molecule has 0 aliphatic carbocycles. The molecule has 0 saturated carbocycles. The third-order valence-corrected chi connectivity index (χ3v) is 8.76. The van der Waals surface area contributed by atoms with Crippen molar-refractivity contribution in [2.45, 2.75) is 58.5 Å². The molecule has 1 N–H and O–H groups in total. The number of hydrogen-bond acceptors (Lipinski definition) is 4. The van der Waals surface area contributed by atoms with E-state index < -0.39 is 28.5 Å². The molecule has 0 fully saturated rings. The lowest BCUT2D eigenvalue weighted by atomic mass is 10.1. The molecule has 0 unspecified atom stereocenters. The molecule has 7 nitrogen and oxygen atoms in total. The van der Waals surface area contributed by atoms with Gasteiger partial charge in [0.1, 0.15) is 12.6 Å². The Bertz CT molecular complexity index is 1420. The Morgan fingerprint density at radius 3 is 2.08 bits per heavy atom. The number of para-hydroxylation sites is 1. The number of aryl methyl sites for hydroxylation is 2. The van der Waals surface area contributed by atoms with Crippen molar-refractivity contribution in [1.29, 1.82) is 0 Å². The highest BCUT2D eigenvalue weighted by molar-refractivity contribution is 7.92. The topological polar surface area (TPSA) is 86.8 Å². The van der Waals surface area contributed by atoms with E-state index in [0.29, 0.717) is 29.2 Å². The quantitative estimate of drug-likeness (QED) is 0.295. The summed E-state index contributed by atoms with van der Waals surface area (Å²) in [6, 6.07) is 19.7. The van der Waals surface area contributed by atoms with E-state index in [1.807, 2.05) is 58.0 Å². The number of halogens is 1. The minimum atomic E-state index is -4.15. The van der Waals surface area contributed by atoms with Crippen LogP contribution in [0.15, 0.2) is 77.7 Å². The first-order chi connectivity index (χ1) is 18.9. The second-order valence-corrected chi connectivity index (χ2v) is 12.6. The zero-order valence-electron chi connectivity index (χ0n) is 23.7. The van der Waals surface area contributed by atoms with Crippen molar-refractivity contribution in [2.24, 2.45) is 5.92 Å². The summed E-state index contributed by atoms with van der Waals surface area (Å²) in [7, 11) is -4.15. The van der Waals surface area contributed by atoms with Crippen molar-refractivity contribution in [3.05, 3.63) is 94.5 Å². The monoisotopic (exact) mass is 583 g/mol. The summed E-state index contributed by atoms with van der Waals surface area (Å²) in [5, 5.41) is 3.35. The highest BCUT2D eigenvalue weighted by Gasteiger charge is 2.34. The Kier molecular flexibility index (Phi) is 10.8. The van der Waals surface area contributed by atoms with Crippen molar-refractivity contribution in [1.82, 2.24) is 10.2 Å². The van der Waals surface area contributed by atoms with E-state index in [4.69, 9.17) is 11.6 Å². The summed E-state index contributed by atoms with van der Waals surface area (Å²) in [6.45, 7) is 9.75. The van der Waals surface area contributed by atoms with E-state index in [2.05, 4.69) is 5.32 Å². The molecule has 214 valence electrons. The standard InChI is InChI=1S/C31H38ClN3O4S/c1-6-28(31(37)33-19-22(2)3)34(20-25-13-9-7-11-23(25)4)30(36)21-35(29-14-10-8-12-24(29)5)40(38,39)27-17-15-26(32)16-18-27/h7-18,22,28H,6,19-21H2,1-5H3,(H,33,37)/t28-/m0/s1. The van der Waals surface area contributed by atoms with Gasteiger partial charge in [-0.15, -0.1) is 0 Å². The molecule has 0 saturated heterocycles. The van der Waals surface area contributed by atoms with E-state index in [0.717, 1.165) is 15.4 Å². The molecular formula is C31H38ClN3O4S. The van der Waals surface area contributed by atoms with E-state index >= 15 is 0 Å². The van der Waals surface area contributed by atoms with Crippen LogP contribution in [-0.4, -0.2) is 44.3 Å².